The van der Waals surface area contributed by atoms with Crippen LogP contribution >= 0.6 is 0 Å². The minimum atomic E-state index is 0.611. The van der Waals surface area contributed by atoms with Crippen LogP contribution in [0.15, 0.2) is 18.2 Å². The number of nitrogens with one attached hydrogen (secondary N) is 1. The summed E-state index contributed by atoms with van der Waals surface area (Å²) in [7, 11) is 0. The Morgan fingerprint density at radius 2 is 1.93 bits per heavy atom. The van der Waals surface area contributed by atoms with Gasteiger partial charge >= 0.3 is 0 Å². The lowest BCUT2D eigenvalue weighted by Crippen LogP contribution is -2.14. The molecule has 1 fully saturated rings. The van der Waals surface area contributed by atoms with Gasteiger partial charge in [-0.1, -0.05) is 32.0 Å². The van der Waals surface area contributed by atoms with Crippen molar-refractivity contribution in [3.63, 3.8) is 0 Å². The largest absolute Gasteiger partial charge is 0.310 e. The second kappa shape index (κ2) is 5.92. The van der Waals surface area contributed by atoms with E-state index in [1.165, 1.54) is 36.1 Å². The van der Waals surface area contributed by atoms with Crippen LogP contribution in [-0.4, -0.2) is 6.54 Å². The van der Waals surface area contributed by atoms with Crippen molar-refractivity contribution in [2.24, 2.45) is 0 Å². The molecule has 1 heteroatoms. The zero-order valence-corrected chi connectivity index (χ0v) is 10.4. The molecule has 2 rings (SSSR count). The van der Waals surface area contributed by atoms with E-state index in [4.69, 9.17) is 0 Å². The van der Waals surface area contributed by atoms with Crippen molar-refractivity contribution in [1.29, 1.82) is 0 Å². The maximum absolute atomic E-state index is 3.54. The Bertz CT molecular complexity index is 298. The maximum atomic E-state index is 3.54. The molecule has 0 bridgehead atoms. The fourth-order valence-corrected chi connectivity index (χ4v) is 2.10. The fourth-order valence-electron chi connectivity index (χ4n) is 2.10. The molecular weight excluding hydrogens is 182 g/mol. The summed E-state index contributed by atoms with van der Waals surface area (Å²) in [5.74, 6) is 0. The Hall–Kier alpha value is -0.820. The molecule has 1 N–H and O–H groups in total. The number of hydrogen-bond acceptors (Lipinski definition) is 1. The van der Waals surface area contributed by atoms with Crippen molar-refractivity contribution < 1.29 is 0 Å². The van der Waals surface area contributed by atoms with Crippen LogP contribution in [0, 0.1) is 13.8 Å². The average molecular weight is 205 g/mol. The zero-order chi connectivity index (χ0) is 11.3. The van der Waals surface area contributed by atoms with Gasteiger partial charge in [0.15, 0.2) is 0 Å². The third-order valence-electron chi connectivity index (χ3n) is 3.08. The summed E-state index contributed by atoms with van der Waals surface area (Å²) in [4.78, 5) is 0. The minimum Gasteiger partial charge on any atom is -0.310 e. The van der Waals surface area contributed by atoms with Gasteiger partial charge in [-0.05, 0) is 49.9 Å². The number of rotatable bonds is 1. The molecule has 1 saturated heterocycles. The predicted octanol–water partition coefficient (Wildman–Crippen LogP) is 3.75. The van der Waals surface area contributed by atoms with Gasteiger partial charge < -0.3 is 5.32 Å². The van der Waals surface area contributed by atoms with Crippen LogP contribution in [0.5, 0.6) is 0 Å². The maximum Gasteiger partial charge on any atom is 0.0323 e. The van der Waals surface area contributed by atoms with Crippen molar-refractivity contribution in [3.8, 4) is 0 Å². The van der Waals surface area contributed by atoms with Crippen LogP contribution in [0.25, 0.3) is 0 Å². The first-order valence-electron chi connectivity index (χ1n) is 6.08. The predicted molar refractivity (Wildman–Crippen MR) is 67.2 cm³/mol. The topological polar surface area (TPSA) is 12.0 Å². The van der Waals surface area contributed by atoms with Crippen molar-refractivity contribution in [2.45, 2.75) is 46.6 Å². The van der Waals surface area contributed by atoms with Crippen molar-refractivity contribution in [3.05, 3.63) is 34.9 Å². The van der Waals surface area contributed by atoms with E-state index in [1.807, 2.05) is 13.8 Å². The van der Waals surface area contributed by atoms with Crippen molar-refractivity contribution in [1.82, 2.24) is 5.32 Å². The number of benzene rings is 1. The molecule has 15 heavy (non-hydrogen) atoms. The first kappa shape index (κ1) is 12.3. The first-order chi connectivity index (χ1) is 7.29. The Kier molecular flexibility index (Phi) is 4.83. The van der Waals surface area contributed by atoms with Crippen molar-refractivity contribution in [2.75, 3.05) is 6.54 Å². The molecule has 1 aliphatic heterocycles. The fraction of sp³-hybridized carbons (Fsp3) is 0.571. The van der Waals surface area contributed by atoms with E-state index in [0.29, 0.717) is 6.04 Å². The normalized spacial score (nSPS) is 19.6. The number of hydrogen-bond donors (Lipinski definition) is 1. The summed E-state index contributed by atoms with van der Waals surface area (Å²) in [6.45, 7) is 9.59. The second-order valence-corrected chi connectivity index (χ2v) is 3.94. The molecule has 1 aromatic carbocycles. The monoisotopic (exact) mass is 205 g/mol. The van der Waals surface area contributed by atoms with E-state index in [0.717, 1.165) is 0 Å². The molecule has 1 heterocycles. The van der Waals surface area contributed by atoms with E-state index in [9.17, 15) is 0 Å². The van der Waals surface area contributed by atoms with Gasteiger partial charge in [0, 0.05) is 6.04 Å². The molecule has 1 nitrogen and oxygen atoms in total. The summed E-state index contributed by atoms with van der Waals surface area (Å²) < 4.78 is 0. The van der Waals surface area contributed by atoms with Gasteiger partial charge in [-0.3, -0.25) is 0 Å². The lowest BCUT2D eigenvalue weighted by molar-refractivity contribution is 0.643. The van der Waals surface area contributed by atoms with Gasteiger partial charge in [-0.25, -0.2) is 0 Å². The van der Waals surface area contributed by atoms with Crippen LogP contribution in [0.2, 0.25) is 0 Å². The summed E-state index contributed by atoms with van der Waals surface area (Å²) in [5, 5.41) is 3.54. The zero-order valence-electron chi connectivity index (χ0n) is 10.4. The van der Waals surface area contributed by atoms with Gasteiger partial charge in [0.1, 0.15) is 0 Å². The summed E-state index contributed by atoms with van der Waals surface area (Å²) in [5.41, 5.74) is 4.37. The highest BCUT2D eigenvalue weighted by Gasteiger charge is 2.17. The molecule has 84 valence electrons. The van der Waals surface area contributed by atoms with Gasteiger partial charge in [0.25, 0.3) is 0 Å². The van der Waals surface area contributed by atoms with Crippen LogP contribution < -0.4 is 5.32 Å². The van der Waals surface area contributed by atoms with Crippen LogP contribution in [-0.2, 0) is 0 Å². The van der Waals surface area contributed by atoms with Crippen molar-refractivity contribution >= 4 is 0 Å². The summed E-state index contributed by atoms with van der Waals surface area (Å²) in [6, 6.07) is 7.22. The highest BCUT2D eigenvalue weighted by atomic mass is 14.9. The molecule has 1 aromatic rings. The van der Waals surface area contributed by atoms with E-state index in [-0.39, 0.29) is 0 Å². The molecule has 0 aliphatic carbocycles. The molecule has 1 aliphatic rings. The Labute approximate surface area is 93.9 Å². The number of aryl methyl sites for hydroxylation is 1. The van der Waals surface area contributed by atoms with Crippen LogP contribution in [0.3, 0.4) is 0 Å². The van der Waals surface area contributed by atoms with E-state index in [1.54, 1.807) is 0 Å². The Morgan fingerprint density at radius 1 is 1.20 bits per heavy atom. The molecule has 0 radical (unpaired) electrons. The molecular formula is C14H23N. The van der Waals surface area contributed by atoms with E-state index >= 15 is 0 Å². The molecule has 0 amide bonds. The minimum absolute atomic E-state index is 0.611. The highest BCUT2D eigenvalue weighted by Crippen LogP contribution is 2.26. The molecule has 1 atom stereocenters. The Balaban J connectivity index is 0.000000531. The smallest absolute Gasteiger partial charge is 0.0323 e. The lowest BCUT2D eigenvalue weighted by atomic mass is 9.97. The lowest BCUT2D eigenvalue weighted by Gasteiger charge is -2.15. The third-order valence-corrected chi connectivity index (χ3v) is 3.08. The molecule has 1 unspecified atom stereocenters. The second-order valence-electron chi connectivity index (χ2n) is 3.94. The Morgan fingerprint density at radius 3 is 2.53 bits per heavy atom. The summed E-state index contributed by atoms with van der Waals surface area (Å²) >= 11 is 0. The van der Waals surface area contributed by atoms with Gasteiger partial charge in [-0.2, -0.15) is 0 Å². The average Bonchev–Trinajstić information content (AvgIpc) is 2.78. The van der Waals surface area contributed by atoms with Gasteiger partial charge in [0.05, 0.1) is 0 Å². The highest BCUT2D eigenvalue weighted by molar-refractivity contribution is 5.35. The van der Waals surface area contributed by atoms with Crippen LogP contribution in [0.4, 0.5) is 0 Å². The molecule has 0 aromatic heterocycles. The molecule has 0 spiro atoms. The van der Waals surface area contributed by atoms with Gasteiger partial charge in [0.2, 0.25) is 0 Å². The summed E-state index contributed by atoms with van der Waals surface area (Å²) in [6.07, 6.45) is 2.61. The standard InChI is InChI=1S/C12H17N.C2H6/c1-9-5-3-6-11(10(9)2)12-7-4-8-13-12;1-2/h3,5-6,12-13H,4,7-8H2,1-2H3;1-2H3. The molecule has 0 saturated carbocycles. The first-order valence-corrected chi connectivity index (χ1v) is 6.08. The SMILES string of the molecule is CC.Cc1cccc(C2CCCN2)c1C. The third kappa shape index (κ3) is 2.82. The quantitative estimate of drug-likeness (QED) is 0.736. The van der Waals surface area contributed by atoms with Gasteiger partial charge in [-0.15, -0.1) is 0 Å². The van der Waals surface area contributed by atoms with E-state index in [2.05, 4.69) is 37.4 Å². The van der Waals surface area contributed by atoms with Crippen LogP contribution in [0.1, 0.15) is 49.4 Å². The van der Waals surface area contributed by atoms with E-state index < -0.39 is 0 Å².